The average Bonchev–Trinajstić information content (AvgIpc) is 2.38. The fourth-order valence-electron chi connectivity index (χ4n) is 2.12. The molecule has 5 heteroatoms. The van der Waals surface area contributed by atoms with Crippen LogP contribution in [0.1, 0.15) is 24.9 Å². The normalized spacial score (nSPS) is 14.2. The third kappa shape index (κ3) is 4.45. The van der Waals surface area contributed by atoms with E-state index in [0.717, 1.165) is 0 Å². The standard InChI is InChI=1S/C14H22FNO3/c1-10(16-11(7-8-17)9-18-2)14-12(15)5-4-6-13(14)19-3/h4-6,10-11,16-17H,7-9H2,1-3H3. The second-order valence-corrected chi connectivity index (χ2v) is 4.41. The molecule has 1 rings (SSSR count). The lowest BCUT2D eigenvalue weighted by atomic mass is 10.0. The number of ether oxygens (including phenoxy) is 2. The van der Waals surface area contributed by atoms with Gasteiger partial charge in [0.2, 0.25) is 0 Å². The van der Waals surface area contributed by atoms with Crippen LogP contribution in [0, 0.1) is 5.82 Å². The highest BCUT2D eigenvalue weighted by atomic mass is 19.1. The summed E-state index contributed by atoms with van der Waals surface area (Å²) in [5, 5.41) is 12.3. The van der Waals surface area contributed by atoms with E-state index in [1.54, 1.807) is 19.2 Å². The van der Waals surface area contributed by atoms with E-state index < -0.39 is 0 Å². The van der Waals surface area contributed by atoms with Gasteiger partial charge in [-0.25, -0.2) is 4.39 Å². The van der Waals surface area contributed by atoms with Gasteiger partial charge in [-0.15, -0.1) is 0 Å². The lowest BCUT2D eigenvalue weighted by molar-refractivity contribution is 0.143. The van der Waals surface area contributed by atoms with Crippen LogP contribution >= 0.6 is 0 Å². The highest BCUT2D eigenvalue weighted by Crippen LogP contribution is 2.28. The fourth-order valence-corrected chi connectivity index (χ4v) is 2.12. The Morgan fingerprint density at radius 2 is 2.11 bits per heavy atom. The predicted molar refractivity (Wildman–Crippen MR) is 71.9 cm³/mol. The molecule has 4 nitrogen and oxygen atoms in total. The first-order valence-electron chi connectivity index (χ1n) is 6.32. The molecule has 0 radical (unpaired) electrons. The highest BCUT2D eigenvalue weighted by Gasteiger charge is 2.19. The minimum Gasteiger partial charge on any atom is -0.496 e. The van der Waals surface area contributed by atoms with Gasteiger partial charge in [-0.3, -0.25) is 0 Å². The molecule has 1 aromatic carbocycles. The molecule has 0 saturated heterocycles. The number of nitrogens with one attached hydrogen (secondary N) is 1. The fraction of sp³-hybridized carbons (Fsp3) is 0.571. The third-order valence-corrected chi connectivity index (χ3v) is 3.00. The van der Waals surface area contributed by atoms with Crippen molar-refractivity contribution in [1.82, 2.24) is 5.32 Å². The number of hydrogen-bond donors (Lipinski definition) is 2. The van der Waals surface area contributed by atoms with Gasteiger partial charge in [0.25, 0.3) is 0 Å². The van der Waals surface area contributed by atoms with Crippen LogP contribution in [0.15, 0.2) is 18.2 Å². The Morgan fingerprint density at radius 1 is 1.37 bits per heavy atom. The van der Waals surface area contributed by atoms with Gasteiger partial charge >= 0.3 is 0 Å². The molecule has 0 bridgehead atoms. The SMILES string of the molecule is COCC(CCO)NC(C)c1c(F)cccc1OC. The molecule has 0 aliphatic heterocycles. The lowest BCUT2D eigenvalue weighted by Crippen LogP contribution is -2.36. The van der Waals surface area contributed by atoms with Crippen molar-refractivity contribution in [1.29, 1.82) is 0 Å². The minimum atomic E-state index is -0.306. The molecule has 2 N–H and O–H groups in total. The van der Waals surface area contributed by atoms with Crippen molar-refractivity contribution in [3.63, 3.8) is 0 Å². The number of rotatable bonds is 8. The Morgan fingerprint density at radius 3 is 2.68 bits per heavy atom. The Kier molecular flexibility index (Phi) is 6.77. The number of aliphatic hydroxyl groups is 1. The average molecular weight is 271 g/mol. The Hall–Kier alpha value is -1.17. The summed E-state index contributed by atoms with van der Waals surface area (Å²) in [4.78, 5) is 0. The molecule has 0 aromatic heterocycles. The van der Waals surface area contributed by atoms with E-state index in [0.29, 0.717) is 24.3 Å². The van der Waals surface area contributed by atoms with Crippen molar-refractivity contribution < 1.29 is 19.0 Å². The molecule has 108 valence electrons. The number of methoxy groups -OCH3 is 2. The zero-order valence-electron chi connectivity index (χ0n) is 11.6. The first-order chi connectivity index (χ1) is 9.13. The van der Waals surface area contributed by atoms with Gasteiger partial charge in [-0.1, -0.05) is 6.07 Å². The Bertz CT molecular complexity index is 381. The van der Waals surface area contributed by atoms with Crippen molar-refractivity contribution in [2.24, 2.45) is 0 Å². The molecule has 0 aliphatic rings. The van der Waals surface area contributed by atoms with Crippen LogP contribution in [0.2, 0.25) is 0 Å². The van der Waals surface area contributed by atoms with Crippen molar-refractivity contribution in [2.75, 3.05) is 27.4 Å². The largest absolute Gasteiger partial charge is 0.496 e. The summed E-state index contributed by atoms with van der Waals surface area (Å²) in [6.07, 6.45) is 0.551. The molecule has 0 amide bonds. The van der Waals surface area contributed by atoms with Crippen LogP contribution in [0.4, 0.5) is 4.39 Å². The lowest BCUT2D eigenvalue weighted by Gasteiger charge is -2.24. The predicted octanol–water partition coefficient (Wildman–Crippen LogP) is 1.88. The first kappa shape index (κ1) is 15.9. The van der Waals surface area contributed by atoms with Gasteiger partial charge in [0, 0.05) is 31.4 Å². The first-order valence-corrected chi connectivity index (χ1v) is 6.32. The summed E-state index contributed by atoms with van der Waals surface area (Å²) in [5.74, 6) is 0.208. The molecule has 1 aromatic rings. The van der Waals surface area contributed by atoms with Crippen molar-refractivity contribution >= 4 is 0 Å². The van der Waals surface area contributed by atoms with Gasteiger partial charge in [-0.2, -0.15) is 0 Å². The van der Waals surface area contributed by atoms with Gasteiger partial charge < -0.3 is 19.9 Å². The van der Waals surface area contributed by atoms with Gasteiger partial charge in [0.15, 0.2) is 0 Å². The van der Waals surface area contributed by atoms with Crippen LogP contribution < -0.4 is 10.1 Å². The van der Waals surface area contributed by atoms with E-state index in [2.05, 4.69) is 5.32 Å². The molecular formula is C14H22FNO3. The summed E-state index contributed by atoms with van der Waals surface area (Å²) < 4.78 is 24.2. The van der Waals surface area contributed by atoms with E-state index >= 15 is 0 Å². The Labute approximate surface area is 113 Å². The van der Waals surface area contributed by atoms with E-state index in [9.17, 15) is 4.39 Å². The topological polar surface area (TPSA) is 50.7 Å². The smallest absolute Gasteiger partial charge is 0.131 e. The molecular weight excluding hydrogens is 249 g/mol. The van der Waals surface area contributed by atoms with Crippen molar-refractivity contribution in [2.45, 2.75) is 25.4 Å². The van der Waals surface area contributed by atoms with E-state index in [4.69, 9.17) is 14.6 Å². The second-order valence-electron chi connectivity index (χ2n) is 4.41. The number of hydrogen-bond acceptors (Lipinski definition) is 4. The highest BCUT2D eigenvalue weighted by molar-refractivity contribution is 5.36. The van der Waals surface area contributed by atoms with Gasteiger partial charge in [-0.05, 0) is 25.5 Å². The van der Waals surface area contributed by atoms with Crippen LogP contribution in [0.25, 0.3) is 0 Å². The molecule has 0 spiro atoms. The summed E-state index contributed by atoms with van der Waals surface area (Å²) in [7, 11) is 3.12. The zero-order valence-corrected chi connectivity index (χ0v) is 11.6. The molecule has 0 heterocycles. The van der Waals surface area contributed by atoms with Crippen molar-refractivity contribution in [3.05, 3.63) is 29.6 Å². The minimum absolute atomic E-state index is 0.0330. The van der Waals surface area contributed by atoms with Gasteiger partial charge in [0.1, 0.15) is 11.6 Å². The van der Waals surface area contributed by atoms with E-state index in [-0.39, 0.29) is 24.5 Å². The maximum atomic E-state index is 13.9. The maximum absolute atomic E-state index is 13.9. The molecule has 2 unspecified atom stereocenters. The Balaban J connectivity index is 2.84. The number of benzene rings is 1. The van der Waals surface area contributed by atoms with E-state index in [1.165, 1.54) is 13.2 Å². The molecule has 0 fully saturated rings. The summed E-state index contributed by atoms with van der Waals surface area (Å²) >= 11 is 0. The number of aliphatic hydroxyl groups excluding tert-OH is 1. The van der Waals surface area contributed by atoms with Gasteiger partial charge in [0.05, 0.1) is 13.7 Å². The summed E-state index contributed by atoms with van der Waals surface area (Å²) in [5.41, 5.74) is 0.490. The molecule has 0 saturated carbocycles. The third-order valence-electron chi connectivity index (χ3n) is 3.00. The monoisotopic (exact) mass is 271 g/mol. The quantitative estimate of drug-likeness (QED) is 0.758. The van der Waals surface area contributed by atoms with Crippen LogP contribution in [-0.4, -0.2) is 38.6 Å². The molecule has 2 atom stereocenters. The molecule has 19 heavy (non-hydrogen) atoms. The van der Waals surface area contributed by atoms with Crippen LogP contribution in [-0.2, 0) is 4.74 Å². The number of halogens is 1. The summed E-state index contributed by atoms with van der Waals surface area (Å²) in [6.45, 7) is 2.38. The molecule has 0 aliphatic carbocycles. The van der Waals surface area contributed by atoms with Crippen LogP contribution in [0.3, 0.4) is 0 Å². The second kappa shape index (κ2) is 8.09. The van der Waals surface area contributed by atoms with Crippen molar-refractivity contribution in [3.8, 4) is 5.75 Å². The van der Waals surface area contributed by atoms with E-state index in [1.807, 2.05) is 6.92 Å². The zero-order chi connectivity index (χ0) is 14.3. The van der Waals surface area contributed by atoms with Crippen LogP contribution in [0.5, 0.6) is 5.75 Å². The summed E-state index contributed by atoms with van der Waals surface area (Å²) in [6, 6.07) is 4.49. The maximum Gasteiger partial charge on any atom is 0.131 e.